The van der Waals surface area contributed by atoms with Gasteiger partial charge in [-0.15, -0.1) is 0 Å². The van der Waals surface area contributed by atoms with Crippen molar-refractivity contribution in [1.82, 2.24) is 10.2 Å². The summed E-state index contributed by atoms with van der Waals surface area (Å²) < 4.78 is 14.4. The summed E-state index contributed by atoms with van der Waals surface area (Å²) in [5.41, 5.74) is 1.55. The molecule has 3 aromatic carbocycles. The number of benzene rings is 3. The van der Waals surface area contributed by atoms with Gasteiger partial charge in [0.05, 0.1) is 6.42 Å². The quantitative estimate of drug-likeness (QED) is 0.424. The fraction of sp³-hybridized carbons (Fsp3) is 0.200. The van der Waals surface area contributed by atoms with Crippen LogP contribution >= 0.6 is 34.8 Å². The molecule has 172 valence electrons. The van der Waals surface area contributed by atoms with Gasteiger partial charge in [-0.2, -0.15) is 0 Å². The lowest BCUT2D eigenvalue weighted by atomic mass is 10.0. The van der Waals surface area contributed by atoms with Gasteiger partial charge in [0, 0.05) is 40.6 Å². The lowest BCUT2D eigenvalue weighted by molar-refractivity contribution is -0.140. The number of hydrogen-bond donors (Lipinski definition) is 1. The van der Waals surface area contributed by atoms with Crippen LogP contribution in [0, 0.1) is 5.82 Å². The molecule has 0 saturated carbocycles. The summed E-state index contributed by atoms with van der Waals surface area (Å²) in [5.74, 6) is -1.39. The molecule has 0 saturated heterocycles. The molecule has 4 nitrogen and oxygen atoms in total. The maximum atomic E-state index is 14.4. The second-order valence-electron chi connectivity index (χ2n) is 7.45. The molecule has 0 heterocycles. The Kier molecular flexibility index (Phi) is 8.73. The zero-order valence-corrected chi connectivity index (χ0v) is 20.1. The van der Waals surface area contributed by atoms with Gasteiger partial charge in [-0.05, 0) is 35.4 Å². The van der Waals surface area contributed by atoms with E-state index < -0.39 is 17.8 Å². The first-order chi connectivity index (χ1) is 15.8. The zero-order chi connectivity index (χ0) is 24.0. The van der Waals surface area contributed by atoms with E-state index in [0.29, 0.717) is 15.6 Å². The van der Waals surface area contributed by atoms with Crippen LogP contribution in [0.3, 0.4) is 0 Å². The van der Waals surface area contributed by atoms with E-state index >= 15 is 0 Å². The van der Waals surface area contributed by atoms with E-state index in [1.54, 1.807) is 18.2 Å². The number of rotatable bonds is 8. The minimum absolute atomic E-state index is 0.0336. The first kappa shape index (κ1) is 25.0. The maximum absolute atomic E-state index is 14.4. The van der Waals surface area contributed by atoms with Crippen LogP contribution in [-0.2, 0) is 29.0 Å². The summed E-state index contributed by atoms with van der Waals surface area (Å²) in [6.07, 6.45) is -0.0402. The van der Waals surface area contributed by atoms with Crippen molar-refractivity contribution in [2.75, 3.05) is 7.05 Å². The molecular formula is C25H22Cl3FN2O2. The van der Waals surface area contributed by atoms with Gasteiger partial charge in [0.2, 0.25) is 11.8 Å². The van der Waals surface area contributed by atoms with Gasteiger partial charge in [0.1, 0.15) is 11.9 Å². The van der Waals surface area contributed by atoms with Crippen LogP contribution in [0.25, 0.3) is 0 Å². The Bertz CT molecular complexity index is 1120. The summed E-state index contributed by atoms with van der Waals surface area (Å²) in [4.78, 5) is 27.8. The van der Waals surface area contributed by atoms with Crippen LogP contribution in [0.1, 0.15) is 16.7 Å². The first-order valence-corrected chi connectivity index (χ1v) is 11.3. The second kappa shape index (κ2) is 11.5. The number of carbonyl (C=O) groups is 2. The zero-order valence-electron chi connectivity index (χ0n) is 17.8. The Morgan fingerprint density at radius 2 is 1.70 bits per heavy atom. The number of carbonyl (C=O) groups excluding carboxylic acids is 2. The third-order valence-corrected chi connectivity index (χ3v) is 6.20. The number of likely N-dealkylation sites (N-methyl/N-ethyl adjacent to an activating group) is 1. The Hall–Kier alpha value is -2.60. The van der Waals surface area contributed by atoms with Crippen molar-refractivity contribution in [3.63, 3.8) is 0 Å². The molecule has 0 aromatic heterocycles. The van der Waals surface area contributed by atoms with Crippen molar-refractivity contribution in [3.05, 3.63) is 104 Å². The van der Waals surface area contributed by atoms with Gasteiger partial charge < -0.3 is 10.2 Å². The van der Waals surface area contributed by atoms with E-state index in [9.17, 15) is 14.0 Å². The predicted molar refractivity (Wildman–Crippen MR) is 130 cm³/mol. The van der Waals surface area contributed by atoms with E-state index in [-0.39, 0.29) is 35.9 Å². The fourth-order valence-corrected chi connectivity index (χ4v) is 4.21. The molecule has 0 aliphatic rings. The molecule has 8 heteroatoms. The molecule has 3 aromatic rings. The monoisotopic (exact) mass is 506 g/mol. The number of amides is 2. The highest BCUT2D eigenvalue weighted by Crippen LogP contribution is 2.26. The molecule has 0 fully saturated rings. The second-order valence-corrected chi connectivity index (χ2v) is 8.70. The van der Waals surface area contributed by atoms with Crippen molar-refractivity contribution in [1.29, 1.82) is 0 Å². The molecule has 2 amide bonds. The Morgan fingerprint density at radius 3 is 2.33 bits per heavy atom. The smallest absolute Gasteiger partial charge is 0.242 e. The third kappa shape index (κ3) is 6.47. The molecule has 0 spiro atoms. The SMILES string of the molecule is CNC(=O)[C@H](Cc1ccccc1)N(Cc1ccc(Cl)cc1Cl)C(=O)Cc1c(F)cccc1Cl. The van der Waals surface area contributed by atoms with Gasteiger partial charge in [-0.1, -0.05) is 77.3 Å². The molecule has 0 aliphatic heterocycles. The molecule has 1 atom stereocenters. The van der Waals surface area contributed by atoms with E-state index in [4.69, 9.17) is 34.8 Å². The van der Waals surface area contributed by atoms with Crippen LogP contribution in [-0.4, -0.2) is 29.8 Å². The average Bonchev–Trinajstić information content (AvgIpc) is 2.80. The highest BCUT2D eigenvalue weighted by molar-refractivity contribution is 6.35. The molecule has 0 bridgehead atoms. The number of nitrogens with zero attached hydrogens (tertiary/aromatic N) is 1. The average molecular weight is 508 g/mol. The van der Waals surface area contributed by atoms with Gasteiger partial charge in [0.15, 0.2) is 0 Å². The Balaban J connectivity index is 2.01. The van der Waals surface area contributed by atoms with Gasteiger partial charge in [-0.25, -0.2) is 4.39 Å². The van der Waals surface area contributed by atoms with Gasteiger partial charge >= 0.3 is 0 Å². The van der Waals surface area contributed by atoms with Crippen molar-refractivity contribution in [2.24, 2.45) is 0 Å². The van der Waals surface area contributed by atoms with Crippen LogP contribution < -0.4 is 5.32 Å². The number of halogens is 4. The van der Waals surface area contributed by atoms with Crippen molar-refractivity contribution in [2.45, 2.75) is 25.4 Å². The lowest BCUT2D eigenvalue weighted by Crippen LogP contribution is -2.50. The van der Waals surface area contributed by atoms with Crippen LogP contribution in [0.4, 0.5) is 4.39 Å². The molecule has 0 aliphatic carbocycles. The molecule has 0 radical (unpaired) electrons. The first-order valence-electron chi connectivity index (χ1n) is 10.2. The largest absolute Gasteiger partial charge is 0.357 e. The molecule has 3 rings (SSSR count). The summed E-state index contributed by atoms with van der Waals surface area (Å²) in [5, 5.41) is 3.59. The third-order valence-electron chi connectivity index (χ3n) is 5.26. The van der Waals surface area contributed by atoms with Crippen LogP contribution in [0.15, 0.2) is 66.7 Å². The molecule has 33 heavy (non-hydrogen) atoms. The molecule has 1 N–H and O–H groups in total. The van der Waals surface area contributed by atoms with Gasteiger partial charge in [-0.3, -0.25) is 9.59 Å². The van der Waals surface area contributed by atoms with E-state index in [1.165, 1.54) is 30.1 Å². The highest BCUT2D eigenvalue weighted by atomic mass is 35.5. The molecular weight excluding hydrogens is 486 g/mol. The van der Waals surface area contributed by atoms with E-state index in [0.717, 1.165) is 5.56 Å². The standard InChI is InChI=1S/C25H22Cl3FN2O2/c1-30-25(33)23(12-16-6-3-2-4-7-16)31(15-17-10-11-18(26)13-21(17)28)24(32)14-19-20(27)8-5-9-22(19)29/h2-11,13,23H,12,14-15H2,1H3,(H,30,33)/t23-/m0/s1. The Labute approximate surface area is 207 Å². The highest BCUT2D eigenvalue weighted by Gasteiger charge is 2.31. The van der Waals surface area contributed by atoms with E-state index in [2.05, 4.69) is 5.32 Å². The number of hydrogen-bond acceptors (Lipinski definition) is 2. The van der Waals surface area contributed by atoms with Crippen molar-refractivity contribution < 1.29 is 14.0 Å². The predicted octanol–water partition coefficient (Wildman–Crippen LogP) is 5.71. The fourth-order valence-electron chi connectivity index (χ4n) is 3.51. The summed E-state index contributed by atoms with van der Waals surface area (Å²) in [6.45, 7) is 0.0336. The van der Waals surface area contributed by atoms with Gasteiger partial charge in [0.25, 0.3) is 0 Å². The van der Waals surface area contributed by atoms with Crippen molar-refractivity contribution in [3.8, 4) is 0 Å². The van der Waals surface area contributed by atoms with E-state index in [1.807, 2.05) is 30.3 Å². The lowest BCUT2D eigenvalue weighted by Gasteiger charge is -2.31. The van der Waals surface area contributed by atoms with Crippen LogP contribution in [0.2, 0.25) is 15.1 Å². The summed E-state index contributed by atoms with van der Waals surface area (Å²) in [6, 6.07) is 17.6. The minimum Gasteiger partial charge on any atom is -0.357 e. The molecule has 0 unspecified atom stereocenters. The summed E-state index contributed by atoms with van der Waals surface area (Å²) in [7, 11) is 1.51. The van der Waals surface area contributed by atoms with Crippen LogP contribution in [0.5, 0.6) is 0 Å². The Morgan fingerprint density at radius 1 is 0.970 bits per heavy atom. The maximum Gasteiger partial charge on any atom is 0.242 e. The van der Waals surface area contributed by atoms with Crippen molar-refractivity contribution >= 4 is 46.6 Å². The summed E-state index contributed by atoms with van der Waals surface area (Å²) >= 11 is 18.5. The number of nitrogens with one attached hydrogen (secondary N) is 1. The minimum atomic E-state index is -0.859. The normalized spacial score (nSPS) is 11.7. The topological polar surface area (TPSA) is 49.4 Å².